The molecule has 0 spiro atoms. The summed E-state index contributed by atoms with van der Waals surface area (Å²) in [5, 5.41) is 86.5. The Morgan fingerprint density at radius 1 is 0.565 bits per heavy atom. The maximum absolute atomic E-state index is 13.1. The fourth-order valence-corrected chi connectivity index (χ4v) is 7.77. The summed E-state index contributed by atoms with van der Waals surface area (Å²) in [6.07, 6.45) is 21.9. The van der Waals surface area contributed by atoms with Gasteiger partial charge in [0.1, 0.15) is 48.8 Å². The second-order valence-corrected chi connectivity index (χ2v) is 17.2. The summed E-state index contributed by atoms with van der Waals surface area (Å²) in [5.41, 5.74) is 0. The van der Waals surface area contributed by atoms with E-state index in [0.717, 1.165) is 51.4 Å². The lowest BCUT2D eigenvalue weighted by molar-refractivity contribution is -0.359. The van der Waals surface area contributed by atoms with Crippen molar-refractivity contribution < 1.29 is 64.6 Å². The van der Waals surface area contributed by atoms with Crippen LogP contribution in [0.2, 0.25) is 0 Å². The van der Waals surface area contributed by atoms with Crippen molar-refractivity contribution in [3.05, 3.63) is 36.5 Å². The average molecular weight is 886 g/mol. The summed E-state index contributed by atoms with van der Waals surface area (Å²) in [7, 11) is 0. The van der Waals surface area contributed by atoms with E-state index in [1.807, 2.05) is 6.08 Å². The number of amides is 1. The van der Waals surface area contributed by atoms with Gasteiger partial charge in [-0.25, -0.2) is 0 Å². The van der Waals surface area contributed by atoms with Crippen molar-refractivity contribution in [2.75, 3.05) is 19.8 Å². The molecule has 0 aromatic heterocycles. The highest BCUT2D eigenvalue weighted by Crippen LogP contribution is 2.30. The monoisotopic (exact) mass is 886 g/mol. The first kappa shape index (κ1) is 56.3. The molecule has 0 aromatic carbocycles. The van der Waals surface area contributed by atoms with Crippen LogP contribution in [-0.2, 0) is 23.7 Å². The molecule has 14 nitrogen and oxygen atoms in total. The van der Waals surface area contributed by atoms with E-state index in [-0.39, 0.29) is 18.9 Å². The Morgan fingerprint density at radius 2 is 1.03 bits per heavy atom. The van der Waals surface area contributed by atoms with Gasteiger partial charge < -0.3 is 65.1 Å². The van der Waals surface area contributed by atoms with Crippen LogP contribution >= 0.6 is 0 Å². The van der Waals surface area contributed by atoms with Gasteiger partial charge in [0.05, 0.1) is 32.0 Å². The van der Waals surface area contributed by atoms with Crippen LogP contribution in [0.25, 0.3) is 0 Å². The largest absolute Gasteiger partial charge is 0.394 e. The Labute approximate surface area is 372 Å². The SMILES string of the molecule is CCCCCCC/C=C\CCCCCCCC(=O)NC(COC1OC(CO)C(OC2OC(CO)C(O)C(O)C2O)C(O)C1O)C(O)/C=C/CC/C=C/CCCCCCCCCC. The van der Waals surface area contributed by atoms with Gasteiger partial charge in [0.15, 0.2) is 12.6 Å². The number of ether oxygens (including phenoxy) is 4. The quantitative estimate of drug-likeness (QED) is 0.0279. The predicted octanol–water partition coefficient (Wildman–Crippen LogP) is 5.54. The summed E-state index contributed by atoms with van der Waals surface area (Å²) in [6, 6.07) is -0.932. The maximum Gasteiger partial charge on any atom is 0.220 e. The smallest absolute Gasteiger partial charge is 0.220 e. The number of aliphatic hydroxyl groups excluding tert-OH is 8. The predicted molar refractivity (Wildman–Crippen MR) is 240 cm³/mol. The minimum Gasteiger partial charge on any atom is -0.394 e. The number of carbonyl (C=O) groups excluding carboxylic acids is 1. The summed E-state index contributed by atoms with van der Waals surface area (Å²) >= 11 is 0. The highest BCUT2D eigenvalue weighted by molar-refractivity contribution is 5.76. The first-order chi connectivity index (χ1) is 30.1. The zero-order valence-corrected chi connectivity index (χ0v) is 38.1. The van der Waals surface area contributed by atoms with E-state index in [9.17, 15) is 45.6 Å². The second kappa shape index (κ2) is 35.5. The summed E-state index contributed by atoms with van der Waals surface area (Å²) < 4.78 is 22.6. The van der Waals surface area contributed by atoms with Crippen molar-refractivity contribution in [1.82, 2.24) is 5.32 Å². The zero-order valence-electron chi connectivity index (χ0n) is 38.1. The molecule has 2 saturated heterocycles. The molecular formula is C48H87NO13. The molecule has 2 fully saturated rings. The van der Waals surface area contributed by atoms with E-state index in [1.54, 1.807) is 6.08 Å². The Kier molecular flexibility index (Phi) is 32.2. The van der Waals surface area contributed by atoms with Crippen LogP contribution in [0.4, 0.5) is 0 Å². The molecule has 362 valence electrons. The van der Waals surface area contributed by atoms with Crippen LogP contribution in [0, 0.1) is 0 Å². The van der Waals surface area contributed by atoms with Gasteiger partial charge in [-0.3, -0.25) is 4.79 Å². The van der Waals surface area contributed by atoms with Crippen molar-refractivity contribution in [3.63, 3.8) is 0 Å². The van der Waals surface area contributed by atoms with E-state index in [0.29, 0.717) is 12.8 Å². The Morgan fingerprint density at radius 3 is 1.58 bits per heavy atom. The van der Waals surface area contributed by atoms with Crippen molar-refractivity contribution in [1.29, 1.82) is 0 Å². The highest BCUT2D eigenvalue weighted by Gasteiger charge is 2.51. The van der Waals surface area contributed by atoms with Crippen molar-refractivity contribution in [2.24, 2.45) is 0 Å². The van der Waals surface area contributed by atoms with Gasteiger partial charge >= 0.3 is 0 Å². The van der Waals surface area contributed by atoms with Gasteiger partial charge in [-0.05, 0) is 57.8 Å². The number of unbranched alkanes of at least 4 members (excludes halogenated alkanes) is 19. The van der Waals surface area contributed by atoms with Gasteiger partial charge in [0.25, 0.3) is 0 Å². The summed E-state index contributed by atoms with van der Waals surface area (Å²) in [6.45, 7) is 2.72. The number of rotatable bonds is 36. The van der Waals surface area contributed by atoms with Gasteiger partial charge in [0.2, 0.25) is 5.91 Å². The molecule has 2 rings (SSSR count). The minimum atomic E-state index is -1.79. The molecule has 9 N–H and O–H groups in total. The van der Waals surface area contributed by atoms with E-state index >= 15 is 0 Å². The molecule has 0 saturated carbocycles. The molecule has 2 aliphatic heterocycles. The van der Waals surface area contributed by atoms with Gasteiger partial charge in [0, 0.05) is 6.42 Å². The summed E-state index contributed by atoms with van der Waals surface area (Å²) in [4.78, 5) is 13.1. The first-order valence-corrected chi connectivity index (χ1v) is 24.2. The number of nitrogens with one attached hydrogen (secondary N) is 1. The minimum absolute atomic E-state index is 0.261. The molecule has 1 amide bonds. The Bertz CT molecular complexity index is 1190. The standard InChI is InChI=1S/C48H87NO13/c1-3-5-7-9-11-13-15-17-19-21-23-25-27-29-31-37(52)36(49-40(53)32-30-28-26-24-22-20-18-16-14-12-10-8-6-4-2)35-59-47-45(58)43(56)46(39(34-51)61-47)62-48-44(57)42(55)41(54)38(33-50)60-48/h16,18,21,23,29,31,36-39,41-48,50-52,54-58H,3-15,17,19-20,22,24-28,30,32-35H2,1-2H3,(H,49,53)/b18-16-,23-21+,31-29+. The van der Waals surface area contributed by atoms with Gasteiger partial charge in [-0.2, -0.15) is 0 Å². The van der Waals surface area contributed by atoms with Gasteiger partial charge in [-0.15, -0.1) is 0 Å². The van der Waals surface area contributed by atoms with E-state index < -0.39 is 86.8 Å². The van der Waals surface area contributed by atoms with E-state index in [1.165, 1.54) is 83.5 Å². The molecule has 12 unspecified atom stereocenters. The van der Waals surface area contributed by atoms with Crippen LogP contribution in [-0.4, -0.2) is 140 Å². The first-order valence-electron chi connectivity index (χ1n) is 24.2. The van der Waals surface area contributed by atoms with Crippen LogP contribution in [0.3, 0.4) is 0 Å². The summed E-state index contributed by atoms with van der Waals surface area (Å²) in [5.74, 6) is -0.261. The molecule has 0 aromatic rings. The van der Waals surface area contributed by atoms with Crippen LogP contribution < -0.4 is 5.32 Å². The molecule has 2 heterocycles. The highest BCUT2D eigenvalue weighted by atomic mass is 16.7. The third-order valence-electron chi connectivity index (χ3n) is 11.8. The van der Waals surface area contributed by atoms with Crippen LogP contribution in [0.1, 0.15) is 168 Å². The van der Waals surface area contributed by atoms with Crippen molar-refractivity contribution in [3.8, 4) is 0 Å². The van der Waals surface area contributed by atoms with E-state index in [2.05, 4.69) is 43.5 Å². The third kappa shape index (κ3) is 22.9. The molecule has 14 heteroatoms. The Hall–Kier alpha value is -1.79. The zero-order chi connectivity index (χ0) is 45.4. The lowest BCUT2D eigenvalue weighted by atomic mass is 9.97. The fourth-order valence-electron chi connectivity index (χ4n) is 7.77. The van der Waals surface area contributed by atoms with Gasteiger partial charge in [-0.1, -0.05) is 140 Å². The molecule has 62 heavy (non-hydrogen) atoms. The lowest BCUT2D eigenvalue weighted by Crippen LogP contribution is -2.65. The molecular weight excluding hydrogens is 799 g/mol. The molecule has 0 radical (unpaired) electrons. The molecule has 12 atom stereocenters. The van der Waals surface area contributed by atoms with Crippen LogP contribution in [0.5, 0.6) is 0 Å². The molecule has 2 aliphatic rings. The normalized spacial score (nSPS) is 28.0. The number of hydrogen-bond acceptors (Lipinski definition) is 13. The topological polar surface area (TPSA) is 228 Å². The molecule has 0 bridgehead atoms. The van der Waals surface area contributed by atoms with E-state index in [4.69, 9.17) is 18.9 Å². The number of allylic oxidation sites excluding steroid dienone is 5. The third-order valence-corrected chi connectivity index (χ3v) is 11.8. The lowest BCUT2D eigenvalue weighted by Gasteiger charge is -2.46. The van der Waals surface area contributed by atoms with Crippen molar-refractivity contribution >= 4 is 5.91 Å². The second-order valence-electron chi connectivity index (χ2n) is 17.2. The van der Waals surface area contributed by atoms with Crippen molar-refractivity contribution in [2.45, 2.75) is 242 Å². The average Bonchev–Trinajstić information content (AvgIpc) is 3.27. The Balaban J connectivity index is 1.90. The molecule has 0 aliphatic carbocycles. The van der Waals surface area contributed by atoms with Crippen LogP contribution in [0.15, 0.2) is 36.5 Å². The number of carbonyl (C=O) groups is 1. The number of aliphatic hydroxyl groups is 8. The maximum atomic E-state index is 13.1. The number of hydrogen-bond donors (Lipinski definition) is 9. The fraction of sp³-hybridized carbons (Fsp3) is 0.854.